The molecule has 4 aromatic carbocycles. The molecule has 0 atom stereocenters. The van der Waals surface area contributed by atoms with E-state index in [1.165, 1.54) is 82.7 Å². The number of aryl methyl sites for hydroxylation is 1. The molecule has 0 spiro atoms. The van der Waals surface area contributed by atoms with Gasteiger partial charge < -0.3 is 0 Å². The molecule has 0 heterocycles. The van der Waals surface area contributed by atoms with Crippen molar-refractivity contribution in [1.82, 2.24) is 0 Å². The summed E-state index contributed by atoms with van der Waals surface area (Å²) in [6.45, 7) is 2.27. The van der Waals surface area contributed by atoms with Gasteiger partial charge >= 0.3 is 0 Å². The Morgan fingerprint density at radius 2 is 1.50 bits per heavy atom. The van der Waals surface area contributed by atoms with E-state index < -0.39 is 0 Å². The smallest absolute Gasteiger partial charge is 0.167 e. The lowest BCUT2D eigenvalue weighted by Crippen LogP contribution is -2.16. The van der Waals surface area contributed by atoms with Crippen LogP contribution in [-0.4, -0.2) is 5.78 Å². The molecule has 1 aliphatic rings. The van der Waals surface area contributed by atoms with Crippen LogP contribution in [0.15, 0.2) is 48.5 Å². The first-order valence-corrected chi connectivity index (χ1v) is 11.7. The summed E-state index contributed by atoms with van der Waals surface area (Å²) in [7, 11) is 0. The second-order valence-electron chi connectivity index (χ2n) is 8.89. The molecule has 30 heavy (non-hydrogen) atoms. The predicted molar refractivity (Wildman–Crippen MR) is 129 cm³/mol. The van der Waals surface area contributed by atoms with Gasteiger partial charge in [0.25, 0.3) is 0 Å². The molecule has 1 nitrogen and oxygen atoms in total. The van der Waals surface area contributed by atoms with Crippen molar-refractivity contribution >= 4 is 44.2 Å². The monoisotopic (exact) mass is 394 g/mol. The van der Waals surface area contributed by atoms with Crippen molar-refractivity contribution in [2.45, 2.75) is 64.7 Å². The summed E-state index contributed by atoms with van der Waals surface area (Å²) < 4.78 is 0. The first kappa shape index (κ1) is 19.3. The number of unbranched alkanes of at least 4 members (excludes halogenated alkanes) is 6. The van der Waals surface area contributed by atoms with Crippen molar-refractivity contribution < 1.29 is 4.79 Å². The summed E-state index contributed by atoms with van der Waals surface area (Å²) in [6, 6.07) is 17.6. The van der Waals surface area contributed by atoms with Crippen LogP contribution in [0.25, 0.3) is 38.4 Å². The van der Waals surface area contributed by atoms with Gasteiger partial charge in [0.05, 0.1) is 0 Å². The van der Waals surface area contributed by atoms with Gasteiger partial charge in [-0.2, -0.15) is 0 Å². The van der Waals surface area contributed by atoms with E-state index in [1.807, 2.05) is 0 Å². The van der Waals surface area contributed by atoms with E-state index >= 15 is 0 Å². The number of hydrogen-bond acceptors (Lipinski definition) is 1. The second-order valence-corrected chi connectivity index (χ2v) is 8.89. The molecule has 0 aromatic heterocycles. The van der Waals surface area contributed by atoms with E-state index in [0.717, 1.165) is 17.4 Å². The topological polar surface area (TPSA) is 17.1 Å². The Morgan fingerprint density at radius 3 is 2.30 bits per heavy atom. The normalized spacial score (nSPS) is 13.4. The maximum atomic E-state index is 13.0. The Bertz CT molecular complexity index is 1290. The number of benzene rings is 4. The standard InChI is InChI=1S/C29H30O/c1-2-3-4-5-6-7-8-11-20-18-22-16-17-26(30)29-24-15-10-13-21-12-9-14-23(27(21)24)25(19-20)28(22)29/h9-10,12-16,18-19H,2-8,11,17H2,1H3. The Morgan fingerprint density at radius 1 is 0.767 bits per heavy atom. The van der Waals surface area contributed by atoms with Crippen LogP contribution in [0, 0.1) is 0 Å². The highest BCUT2D eigenvalue weighted by Gasteiger charge is 2.21. The Labute approximate surface area is 178 Å². The maximum Gasteiger partial charge on any atom is 0.167 e. The van der Waals surface area contributed by atoms with E-state index in [4.69, 9.17) is 0 Å². The average molecular weight is 395 g/mol. The predicted octanol–water partition coefficient (Wildman–Crippen LogP) is 7.53. The number of rotatable bonds is 8. The molecule has 0 amide bonds. The minimum atomic E-state index is 0.255. The van der Waals surface area contributed by atoms with Gasteiger partial charge in [-0.25, -0.2) is 0 Å². The molecule has 1 aliphatic carbocycles. The number of ketones is 1. The fourth-order valence-electron chi connectivity index (χ4n) is 5.31. The minimum Gasteiger partial charge on any atom is -0.294 e. The summed E-state index contributed by atoms with van der Waals surface area (Å²) in [5, 5.41) is 8.56. The molecular formula is C29H30O. The Kier molecular flexibility index (Phi) is 5.29. The van der Waals surface area contributed by atoms with Gasteiger partial charge in [-0.1, -0.05) is 100 Å². The van der Waals surface area contributed by atoms with Crippen LogP contribution >= 0.6 is 0 Å². The van der Waals surface area contributed by atoms with Crippen LogP contribution in [0.1, 0.15) is 74.2 Å². The van der Waals surface area contributed by atoms with Crippen molar-refractivity contribution in [2.75, 3.05) is 0 Å². The molecule has 1 heteroatoms. The van der Waals surface area contributed by atoms with Gasteiger partial charge in [-0.3, -0.25) is 4.79 Å². The molecule has 0 unspecified atom stereocenters. The van der Waals surface area contributed by atoms with E-state index in [1.54, 1.807) is 0 Å². The fourth-order valence-corrected chi connectivity index (χ4v) is 5.31. The molecule has 0 aliphatic heterocycles. The van der Waals surface area contributed by atoms with Crippen LogP contribution < -0.4 is 5.22 Å². The molecule has 4 aromatic rings. The van der Waals surface area contributed by atoms with Crippen molar-refractivity contribution in [3.05, 3.63) is 64.9 Å². The molecule has 0 N–H and O–H groups in total. The van der Waals surface area contributed by atoms with E-state index in [9.17, 15) is 4.79 Å². The van der Waals surface area contributed by atoms with Gasteiger partial charge in [0.1, 0.15) is 0 Å². The summed E-state index contributed by atoms with van der Waals surface area (Å²) in [6.07, 6.45) is 13.1. The van der Waals surface area contributed by atoms with Crippen LogP contribution in [-0.2, 0) is 6.42 Å². The lowest BCUT2D eigenvalue weighted by atomic mass is 9.84. The van der Waals surface area contributed by atoms with Gasteiger partial charge in [0.15, 0.2) is 5.78 Å². The third-order valence-electron chi connectivity index (χ3n) is 6.80. The van der Waals surface area contributed by atoms with E-state index in [0.29, 0.717) is 6.42 Å². The molecule has 0 saturated carbocycles. The number of hydrogen-bond donors (Lipinski definition) is 0. The van der Waals surface area contributed by atoms with Gasteiger partial charge in [-0.15, -0.1) is 0 Å². The quantitative estimate of drug-likeness (QED) is 0.171. The summed E-state index contributed by atoms with van der Waals surface area (Å²) in [5.74, 6) is 0.255. The fraction of sp³-hybridized carbons (Fsp3) is 0.345. The summed E-state index contributed by atoms with van der Waals surface area (Å²) in [5.41, 5.74) is 2.35. The van der Waals surface area contributed by atoms with Crippen LogP contribution in [0.3, 0.4) is 0 Å². The number of fused-ring (bicyclic) bond motifs is 2. The van der Waals surface area contributed by atoms with E-state index in [2.05, 4.69) is 61.5 Å². The van der Waals surface area contributed by atoms with Crippen LogP contribution in [0.4, 0.5) is 0 Å². The number of carbonyl (C=O) groups is 1. The first-order valence-electron chi connectivity index (χ1n) is 11.7. The Balaban J connectivity index is 1.57. The molecule has 0 radical (unpaired) electrons. The molecule has 0 bridgehead atoms. The average Bonchev–Trinajstić information content (AvgIpc) is 2.77. The second kappa shape index (κ2) is 8.22. The molecule has 5 rings (SSSR count). The SMILES string of the molecule is CCCCCCCCCc1cc2c3c(c4cccc5cccc(c3c1)c54)C(=O)CC=2. The lowest BCUT2D eigenvalue weighted by Gasteiger charge is -2.18. The third kappa shape index (κ3) is 3.31. The van der Waals surface area contributed by atoms with Crippen molar-refractivity contribution in [1.29, 1.82) is 0 Å². The minimum absolute atomic E-state index is 0.255. The molecule has 152 valence electrons. The van der Waals surface area contributed by atoms with Crippen molar-refractivity contribution in [3.63, 3.8) is 0 Å². The zero-order valence-corrected chi connectivity index (χ0v) is 18.0. The van der Waals surface area contributed by atoms with E-state index in [-0.39, 0.29) is 5.78 Å². The first-order chi connectivity index (χ1) is 14.8. The van der Waals surface area contributed by atoms with Gasteiger partial charge in [-0.05, 0) is 50.6 Å². The Hall–Kier alpha value is -2.67. The highest BCUT2D eigenvalue weighted by atomic mass is 16.1. The highest BCUT2D eigenvalue weighted by molar-refractivity contribution is 6.31. The molecule has 0 fully saturated rings. The largest absolute Gasteiger partial charge is 0.294 e. The van der Waals surface area contributed by atoms with Crippen LogP contribution in [0.5, 0.6) is 0 Å². The maximum absolute atomic E-state index is 13.0. The van der Waals surface area contributed by atoms with Crippen molar-refractivity contribution in [2.24, 2.45) is 0 Å². The molecule has 0 saturated heterocycles. The zero-order valence-electron chi connectivity index (χ0n) is 18.0. The van der Waals surface area contributed by atoms with Crippen LogP contribution in [0.2, 0.25) is 0 Å². The summed E-state index contributed by atoms with van der Waals surface area (Å²) >= 11 is 0. The number of carbonyl (C=O) groups excluding carboxylic acids is 1. The lowest BCUT2D eigenvalue weighted by molar-refractivity contribution is 0.100. The zero-order chi connectivity index (χ0) is 20.5. The third-order valence-corrected chi connectivity index (χ3v) is 6.80. The summed E-state index contributed by atoms with van der Waals surface area (Å²) in [4.78, 5) is 13.0. The van der Waals surface area contributed by atoms with Gasteiger partial charge in [0.2, 0.25) is 0 Å². The highest BCUT2D eigenvalue weighted by Crippen LogP contribution is 2.37. The number of Topliss-reactive ketones (excluding diaryl/α,β-unsaturated/α-hetero) is 1. The van der Waals surface area contributed by atoms with Crippen molar-refractivity contribution in [3.8, 4) is 0 Å². The molecular weight excluding hydrogens is 364 g/mol. The van der Waals surface area contributed by atoms with Gasteiger partial charge in [0, 0.05) is 17.4 Å².